The molecule has 4 nitrogen and oxygen atoms in total. The molecule has 1 aromatic carbocycles. The Morgan fingerprint density at radius 3 is 2.85 bits per heavy atom. The molecule has 0 radical (unpaired) electrons. The van der Waals surface area contributed by atoms with E-state index in [-0.39, 0.29) is 18.0 Å². The lowest BCUT2D eigenvalue weighted by atomic mass is 9.80. The molecule has 27 heavy (non-hydrogen) atoms. The molecule has 5 rings (SSSR count). The van der Waals surface area contributed by atoms with E-state index in [1.165, 1.54) is 55.9 Å². The highest BCUT2D eigenvalue weighted by Gasteiger charge is 2.35. The molecule has 4 heteroatoms. The number of aromatic nitrogens is 1. The number of esters is 1. The lowest BCUT2D eigenvalue weighted by Gasteiger charge is -2.25. The fourth-order valence-electron chi connectivity index (χ4n) is 5.14. The molecule has 140 valence electrons. The maximum Gasteiger partial charge on any atom is 0.337 e. The number of ether oxygens (including phenoxy) is 2. The Hall–Kier alpha value is -2.49. The molecule has 3 heterocycles. The van der Waals surface area contributed by atoms with Crippen LogP contribution in [0, 0.1) is 0 Å². The molecule has 0 spiro atoms. The first kappa shape index (κ1) is 16.7. The number of nitrogens with zero attached hydrogens (tertiary/aromatic N) is 1. The minimum atomic E-state index is -0.280. The maximum atomic E-state index is 12.1. The Morgan fingerprint density at radius 1 is 1.19 bits per heavy atom. The minimum Gasteiger partial charge on any atom is -0.493 e. The third kappa shape index (κ3) is 2.61. The summed E-state index contributed by atoms with van der Waals surface area (Å²) in [6.45, 7) is 0.813. The van der Waals surface area contributed by atoms with E-state index in [2.05, 4.69) is 28.9 Å². The molecular weight excluding hydrogens is 338 g/mol. The minimum absolute atomic E-state index is 0.0815. The van der Waals surface area contributed by atoms with Gasteiger partial charge in [-0.05, 0) is 48.6 Å². The number of benzene rings is 1. The first-order valence-corrected chi connectivity index (χ1v) is 10.0. The number of rotatable bonds is 2. The number of allylic oxidation sites excluding steroid dienone is 1. The Bertz CT molecular complexity index is 946. The normalized spacial score (nSPS) is 24.3. The lowest BCUT2D eigenvalue weighted by Crippen LogP contribution is -2.16. The number of fused-ring (bicyclic) bond motifs is 5. The second kappa shape index (κ2) is 6.59. The highest BCUT2D eigenvalue weighted by atomic mass is 16.5. The van der Waals surface area contributed by atoms with Crippen molar-refractivity contribution in [1.29, 1.82) is 0 Å². The summed E-state index contributed by atoms with van der Waals surface area (Å²) in [5.41, 5.74) is 4.61. The summed E-state index contributed by atoms with van der Waals surface area (Å²) in [6, 6.07) is 6.05. The molecule has 0 bridgehead atoms. The average molecular weight is 363 g/mol. The molecule has 0 saturated heterocycles. The largest absolute Gasteiger partial charge is 0.493 e. The summed E-state index contributed by atoms with van der Waals surface area (Å²) in [6.07, 6.45) is 14.9. The SMILES string of the molecule is COC(=O)c1ccc2c(C3CCCCC3)c3n(c2c1)CC=CC1OC=CC31. The van der Waals surface area contributed by atoms with Crippen molar-refractivity contribution in [2.24, 2.45) is 0 Å². The third-order valence-electron chi connectivity index (χ3n) is 6.38. The molecule has 1 fully saturated rings. The van der Waals surface area contributed by atoms with Crippen LogP contribution in [0.2, 0.25) is 0 Å². The van der Waals surface area contributed by atoms with Crippen LogP contribution in [0.5, 0.6) is 0 Å². The number of hydrogen-bond acceptors (Lipinski definition) is 3. The molecule has 2 aliphatic heterocycles. The fourth-order valence-corrected chi connectivity index (χ4v) is 5.14. The molecule has 2 aromatic rings. The average Bonchev–Trinajstić information content (AvgIpc) is 3.25. The summed E-state index contributed by atoms with van der Waals surface area (Å²) in [7, 11) is 1.44. The van der Waals surface area contributed by atoms with Crippen molar-refractivity contribution in [2.45, 2.75) is 56.6 Å². The van der Waals surface area contributed by atoms with Gasteiger partial charge in [0.1, 0.15) is 6.10 Å². The van der Waals surface area contributed by atoms with Crippen LogP contribution in [0.3, 0.4) is 0 Å². The van der Waals surface area contributed by atoms with Crippen LogP contribution in [0.25, 0.3) is 10.9 Å². The van der Waals surface area contributed by atoms with Gasteiger partial charge in [-0.1, -0.05) is 31.4 Å². The van der Waals surface area contributed by atoms with Crippen LogP contribution in [-0.4, -0.2) is 23.8 Å². The van der Waals surface area contributed by atoms with Crippen molar-refractivity contribution in [1.82, 2.24) is 4.57 Å². The molecule has 1 aromatic heterocycles. The lowest BCUT2D eigenvalue weighted by molar-refractivity contribution is 0.0601. The second-order valence-corrected chi connectivity index (χ2v) is 7.85. The number of methoxy groups -OCH3 is 1. The molecule has 1 aliphatic carbocycles. The van der Waals surface area contributed by atoms with Gasteiger partial charge in [-0.3, -0.25) is 0 Å². The first-order valence-electron chi connectivity index (χ1n) is 10.0. The summed E-state index contributed by atoms with van der Waals surface area (Å²) in [5, 5.41) is 1.29. The molecule has 2 atom stereocenters. The summed E-state index contributed by atoms with van der Waals surface area (Å²) >= 11 is 0. The Labute approximate surface area is 159 Å². The van der Waals surface area contributed by atoms with Crippen LogP contribution in [-0.2, 0) is 16.0 Å². The van der Waals surface area contributed by atoms with Gasteiger partial charge in [0.25, 0.3) is 0 Å². The summed E-state index contributed by atoms with van der Waals surface area (Å²) in [5.74, 6) is 0.557. The highest BCUT2D eigenvalue weighted by Crippen LogP contribution is 2.46. The predicted molar refractivity (Wildman–Crippen MR) is 105 cm³/mol. The maximum absolute atomic E-state index is 12.1. The van der Waals surface area contributed by atoms with Gasteiger partial charge in [-0.15, -0.1) is 0 Å². The van der Waals surface area contributed by atoms with Crippen molar-refractivity contribution in [3.05, 3.63) is 59.5 Å². The van der Waals surface area contributed by atoms with Gasteiger partial charge in [0, 0.05) is 23.1 Å². The zero-order chi connectivity index (χ0) is 18.4. The number of carbonyl (C=O) groups excluding carboxylic acids is 1. The van der Waals surface area contributed by atoms with Gasteiger partial charge in [-0.25, -0.2) is 4.79 Å². The molecule has 2 unspecified atom stereocenters. The summed E-state index contributed by atoms with van der Waals surface area (Å²) in [4.78, 5) is 12.1. The van der Waals surface area contributed by atoms with Crippen LogP contribution >= 0.6 is 0 Å². The van der Waals surface area contributed by atoms with Crippen LogP contribution in [0.15, 0.2) is 42.7 Å². The number of hydrogen-bond donors (Lipinski definition) is 0. The van der Waals surface area contributed by atoms with E-state index in [4.69, 9.17) is 9.47 Å². The molecule has 0 N–H and O–H groups in total. The van der Waals surface area contributed by atoms with E-state index in [0.717, 1.165) is 12.1 Å². The first-order chi connectivity index (χ1) is 13.3. The molecular formula is C23H25NO3. The fraction of sp³-hybridized carbons (Fsp3) is 0.435. The van der Waals surface area contributed by atoms with E-state index in [1.807, 2.05) is 18.4 Å². The summed E-state index contributed by atoms with van der Waals surface area (Å²) < 4.78 is 13.2. The quantitative estimate of drug-likeness (QED) is 0.554. The molecule has 1 saturated carbocycles. The van der Waals surface area contributed by atoms with Crippen molar-refractivity contribution in [2.75, 3.05) is 7.11 Å². The van der Waals surface area contributed by atoms with Gasteiger partial charge < -0.3 is 14.0 Å². The highest BCUT2D eigenvalue weighted by molar-refractivity contribution is 5.96. The monoisotopic (exact) mass is 363 g/mol. The van der Waals surface area contributed by atoms with Gasteiger partial charge in [0.2, 0.25) is 0 Å². The van der Waals surface area contributed by atoms with Gasteiger partial charge in [0.15, 0.2) is 0 Å². The van der Waals surface area contributed by atoms with E-state index in [9.17, 15) is 4.79 Å². The third-order valence-corrected chi connectivity index (χ3v) is 6.38. The van der Waals surface area contributed by atoms with E-state index < -0.39 is 0 Å². The molecule has 3 aliphatic rings. The van der Waals surface area contributed by atoms with E-state index >= 15 is 0 Å². The smallest absolute Gasteiger partial charge is 0.337 e. The van der Waals surface area contributed by atoms with Crippen LogP contribution in [0.1, 0.15) is 65.6 Å². The Morgan fingerprint density at radius 2 is 2.04 bits per heavy atom. The predicted octanol–water partition coefficient (Wildman–Crippen LogP) is 5.04. The standard InChI is InChI=1S/C23H25NO3/c1-26-23(25)16-9-10-17-19(14-16)24-12-5-8-20-18(11-13-27-20)22(24)21(17)15-6-3-2-4-7-15/h5,8-11,13-15,18,20H,2-4,6-7,12H2,1H3. The van der Waals surface area contributed by atoms with E-state index in [1.54, 1.807) is 0 Å². The zero-order valence-electron chi connectivity index (χ0n) is 15.7. The second-order valence-electron chi connectivity index (χ2n) is 7.85. The van der Waals surface area contributed by atoms with Crippen molar-refractivity contribution in [3.8, 4) is 0 Å². The van der Waals surface area contributed by atoms with Crippen LogP contribution in [0.4, 0.5) is 0 Å². The van der Waals surface area contributed by atoms with E-state index in [0.29, 0.717) is 11.5 Å². The molecule has 0 amide bonds. The van der Waals surface area contributed by atoms with Gasteiger partial charge in [-0.2, -0.15) is 0 Å². The van der Waals surface area contributed by atoms with Gasteiger partial charge >= 0.3 is 5.97 Å². The van der Waals surface area contributed by atoms with Crippen molar-refractivity contribution in [3.63, 3.8) is 0 Å². The number of carbonyl (C=O) groups is 1. The zero-order valence-corrected chi connectivity index (χ0v) is 15.7. The topological polar surface area (TPSA) is 40.5 Å². The Kier molecular flexibility index (Phi) is 4.07. The van der Waals surface area contributed by atoms with Gasteiger partial charge in [0.05, 0.1) is 24.9 Å². The van der Waals surface area contributed by atoms with Crippen LogP contribution < -0.4 is 0 Å². The Balaban J connectivity index is 1.76. The van der Waals surface area contributed by atoms with Crippen molar-refractivity contribution < 1.29 is 14.3 Å². The van der Waals surface area contributed by atoms with Crippen molar-refractivity contribution >= 4 is 16.9 Å².